The lowest BCUT2D eigenvalue weighted by atomic mass is 9.87. The second kappa shape index (κ2) is 6.65. The van der Waals surface area contributed by atoms with Gasteiger partial charge < -0.3 is 14.4 Å². The van der Waals surface area contributed by atoms with E-state index in [0.717, 1.165) is 43.9 Å². The molecule has 136 valence electrons. The average molecular weight is 351 g/mol. The number of ether oxygens (including phenoxy) is 2. The number of rotatable bonds is 4. The highest BCUT2D eigenvalue weighted by Crippen LogP contribution is 2.38. The summed E-state index contributed by atoms with van der Waals surface area (Å²) in [6, 6.07) is 3.30. The molecule has 1 aliphatic carbocycles. The largest absolute Gasteiger partial charge is 0.375 e. The molecule has 4 rings (SSSR count). The second-order valence-corrected chi connectivity index (χ2v) is 7.52. The number of benzene rings is 1. The summed E-state index contributed by atoms with van der Waals surface area (Å²) in [7, 11) is 0. The van der Waals surface area contributed by atoms with Crippen LogP contribution in [-0.4, -0.2) is 48.8 Å². The van der Waals surface area contributed by atoms with Crippen LogP contribution in [0.2, 0.25) is 0 Å². The van der Waals surface area contributed by atoms with Gasteiger partial charge in [0.15, 0.2) is 11.6 Å². The van der Waals surface area contributed by atoms with E-state index < -0.39 is 11.6 Å². The molecule has 1 amide bonds. The molecule has 1 unspecified atom stereocenters. The minimum absolute atomic E-state index is 0.161. The van der Waals surface area contributed by atoms with Gasteiger partial charge in [-0.3, -0.25) is 4.79 Å². The Hall–Kier alpha value is -1.53. The maximum atomic E-state index is 13.3. The Bertz CT molecular complexity index is 654. The molecule has 4 nitrogen and oxygen atoms in total. The predicted molar refractivity (Wildman–Crippen MR) is 87.3 cm³/mol. The zero-order valence-corrected chi connectivity index (χ0v) is 14.2. The van der Waals surface area contributed by atoms with E-state index in [1.165, 1.54) is 18.9 Å². The zero-order valence-electron chi connectivity index (χ0n) is 14.2. The number of amides is 1. The van der Waals surface area contributed by atoms with Gasteiger partial charge >= 0.3 is 0 Å². The van der Waals surface area contributed by atoms with E-state index in [0.29, 0.717) is 19.7 Å². The molecule has 2 aliphatic heterocycles. The van der Waals surface area contributed by atoms with Gasteiger partial charge in [-0.2, -0.15) is 0 Å². The summed E-state index contributed by atoms with van der Waals surface area (Å²) in [5.41, 5.74) is -0.00758. The molecule has 2 saturated heterocycles. The first-order chi connectivity index (χ1) is 12.0. The van der Waals surface area contributed by atoms with E-state index in [-0.39, 0.29) is 23.2 Å². The Kier molecular flexibility index (Phi) is 4.50. The molecule has 0 N–H and O–H groups in total. The number of hydrogen-bond donors (Lipinski definition) is 0. The van der Waals surface area contributed by atoms with Crippen LogP contribution < -0.4 is 0 Å². The minimum atomic E-state index is -0.992. The molecular weight excluding hydrogens is 328 g/mol. The molecule has 1 aromatic rings. The van der Waals surface area contributed by atoms with Crippen LogP contribution in [-0.2, 0) is 9.47 Å². The third-order valence-electron chi connectivity index (χ3n) is 5.57. The number of halogens is 2. The molecule has 1 atom stereocenters. The first kappa shape index (κ1) is 16.9. The van der Waals surface area contributed by atoms with E-state index in [2.05, 4.69) is 0 Å². The molecule has 1 spiro atoms. The minimum Gasteiger partial charge on any atom is -0.375 e. The highest BCUT2D eigenvalue weighted by Gasteiger charge is 2.44. The standard InChI is InChI=1S/C19H23F2NO3/c20-16-4-3-14(9-17(16)21)18(23)22-7-5-19(6-8-22)10-15(12-25-19)24-11-13-1-2-13/h3-4,9,13,15H,1-2,5-8,10-12H2. The summed E-state index contributed by atoms with van der Waals surface area (Å²) < 4.78 is 38.4. The molecule has 0 bridgehead atoms. The van der Waals surface area contributed by atoms with Crippen LogP contribution in [0.4, 0.5) is 8.78 Å². The van der Waals surface area contributed by atoms with E-state index in [4.69, 9.17) is 9.47 Å². The molecular formula is C19H23F2NO3. The van der Waals surface area contributed by atoms with E-state index in [9.17, 15) is 13.6 Å². The van der Waals surface area contributed by atoms with Gasteiger partial charge in [0.1, 0.15) is 0 Å². The first-order valence-electron chi connectivity index (χ1n) is 9.05. The Balaban J connectivity index is 1.31. The van der Waals surface area contributed by atoms with Gasteiger partial charge in [0.2, 0.25) is 0 Å². The number of nitrogens with zero attached hydrogens (tertiary/aromatic N) is 1. The van der Waals surface area contributed by atoms with E-state index in [1.807, 2.05) is 0 Å². The summed E-state index contributed by atoms with van der Waals surface area (Å²) >= 11 is 0. The lowest BCUT2D eigenvalue weighted by Gasteiger charge is -2.38. The number of hydrogen-bond acceptors (Lipinski definition) is 3. The van der Waals surface area contributed by atoms with Gasteiger partial charge in [-0.15, -0.1) is 0 Å². The van der Waals surface area contributed by atoms with Crippen molar-refractivity contribution >= 4 is 5.91 Å². The average Bonchev–Trinajstić information content (AvgIpc) is 3.37. The number of piperidine rings is 1. The van der Waals surface area contributed by atoms with Gasteiger partial charge in [-0.05, 0) is 49.8 Å². The zero-order chi connectivity index (χ0) is 17.4. The molecule has 3 fully saturated rings. The number of carbonyl (C=O) groups excluding carboxylic acids is 1. The fourth-order valence-corrected chi connectivity index (χ4v) is 3.74. The molecule has 2 heterocycles. The smallest absolute Gasteiger partial charge is 0.253 e. The van der Waals surface area contributed by atoms with Gasteiger partial charge in [-0.1, -0.05) is 0 Å². The molecule has 0 aromatic heterocycles. The number of likely N-dealkylation sites (tertiary alicyclic amines) is 1. The fraction of sp³-hybridized carbons (Fsp3) is 0.632. The molecule has 6 heteroatoms. The monoisotopic (exact) mass is 351 g/mol. The highest BCUT2D eigenvalue weighted by molar-refractivity contribution is 5.94. The first-order valence-corrected chi connectivity index (χ1v) is 9.05. The summed E-state index contributed by atoms with van der Waals surface area (Å²) in [5, 5.41) is 0. The lowest BCUT2D eigenvalue weighted by molar-refractivity contribution is -0.0410. The van der Waals surface area contributed by atoms with Gasteiger partial charge in [0, 0.05) is 31.7 Å². The summed E-state index contributed by atoms with van der Waals surface area (Å²) in [5.74, 6) is -1.44. The van der Waals surface area contributed by atoms with Crippen molar-refractivity contribution in [1.82, 2.24) is 4.90 Å². The van der Waals surface area contributed by atoms with Crippen LogP contribution in [0.3, 0.4) is 0 Å². The third kappa shape index (κ3) is 3.70. The summed E-state index contributed by atoms with van der Waals surface area (Å²) in [6.07, 6.45) is 5.11. The van der Waals surface area contributed by atoms with Crippen LogP contribution in [0.25, 0.3) is 0 Å². The summed E-state index contributed by atoms with van der Waals surface area (Å²) in [4.78, 5) is 14.2. The van der Waals surface area contributed by atoms with Crippen LogP contribution >= 0.6 is 0 Å². The Morgan fingerprint density at radius 1 is 1.24 bits per heavy atom. The fourth-order valence-electron chi connectivity index (χ4n) is 3.74. The van der Waals surface area contributed by atoms with Gasteiger partial charge in [-0.25, -0.2) is 8.78 Å². The van der Waals surface area contributed by atoms with Crippen molar-refractivity contribution in [1.29, 1.82) is 0 Å². The van der Waals surface area contributed by atoms with Crippen LogP contribution in [0.5, 0.6) is 0 Å². The second-order valence-electron chi connectivity index (χ2n) is 7.52. The maximum Gasteiger partial charge on any atom is 0.253 e. The maximum absolute atomic E-state index is 13.3. The third-order valence-corrected chi connectivity index (χ3v) is 5.57. The highest BCUT2D eigenvalue weighted by atomic mass is 19.2. The Morgan fingerprint density at radius 2 is 2.00 bits per heavy atom. The van der Waals surface area contributed by atoms with Crippen LogP contribution in [0.15, 0.2) is 18.2 Å². The molecule has 1 aromatic carbocycles. The Morgan fingerprint density at radius 3 is 2.68 bits per heavy atom. The number of carbonyl (C=O) groups is 1. The van der Waals surface area contributed by atoms with Gasteiger partial charge in [0.25, 0.3) is 5.91 Å². The Labute approximate surface area is 146 Å². The molecule has 1 saturated carbocycles. The quantitative estimate of drug-likeness (QED) is 0.836. The van der Waals surface area contributed by atoms with Gasteiger partial charge in [0.05, 0.1) is 18.3 Å². The van der Waals surface area contributed by atoms with Crippen molar-refractivity contribution in [3.63, 3.8) is 0 Å². The molecule has 0 radical (unpaired) electrons. The van der Waals surface area contributed by atoms with E-state index >= 15 is 0 Å². The topological polar surface area (TPSA) is 38.8 Å². The van der Waals surface area contributed by atoms with E-state index in [1.54, 1.807) is 4.90 Å². The summed E-state index contributed by atoms with van der Waals surface area (Å²) in [6.45, 7) is 2.59. The van der Waals surface area contributed by atoms with Crippen molar-refractivity contribution in [2.75, 3.05) is 26.3 Å². The predicted octanol–water partition coefficient (Wildman–Crippen LogP) is 3.16. The van der Waals surface area contributed by atoms with Crippen molar-refractivity contribution in [3.8, 4) is 0 Å². The van der Waals surface area contributed by atoms with Crippen molar-refractivity contribution in [2.45, 2.75) is 43.8 Å². The molecule has 3 aliphatic rings. The molecule has 25 heavy (non-hydrogen) atoms. The SMILES string of the molecule is O=C(c1ccc(F)c(F)c1)N1CCC2(CC1)CC(OCC1CC1)CO2. The van der Waals surface area contributed by atoms with Crippen molar-refractivity contribution < 1.29 is 23.0 Å². The van der Waals surface area contributed by atoms with Crippen molar-refractivity contribution in [3.05, 3.63) is 35.4 Å². The lowest BCUT2D eigenvalue weighted by Crippen LogP contribution is -2.46. The van der Waals surface area contributed by atoms with Crippen LogP contribution in [0, 0.1) is 17.6 Å². The van der Waals surface area contributed by atoms with Crippen molar-refractivity contribution in [2.24, 2.45) is 5.92 Å². The normalized spacial score (nSPS) is 25.5. The van der Waals surface area contributed by atoms with Crippen LogP contribution in [0.1, 0.15) is 42.5 Å².